The van der Waals surface area contributed by atoms with Crippen LogP contribution < -0.4 is 4.90 Å². The third kappa shape index (κ3) is 3.59. The highest BCUT2D eigenvalue weighted by molar-refractivity contribution is 6.03. The predicted octanol–water partition coefficient (Wildman–Crippen LogP) is 1.69. The Morgan fingerprint density at radius 1 is 1.38 bits per heavy atom. The van der Waals surface area contributed by atoms with Gasteiger partial charge in [0.1, 0.15) is 6.54 Å². The van der Waals surface area contributed by atoms with Gasteiger partial charge in [-0.25, -0.2) is 4.79 Å². The van der Waals surface area contributed by atoms with Crippen molar-refractivity contribution in [1.82, 2.24) is 4.98 Å². The van der Waals surface area contributed by atoms with E-state index in [9.17, 15) is 9.59 Å². The molecule has 0 aliphatic carbocycles. The number of rotatable bonds is 7. The minimum atomic E-state index is -0.397. The topological polar surface area (TPSA) is 76.7 Å². The minimum Gasteiger partial charge on any atom is -0.463 e. The van der Waals surface area contributed by atoms with Gasteiger partial charge in [-0.1, -0.05) is 0 Å². The Hall–Kier alpha value is -2.34. The van der Waals surface area contributed by atoms with Crippen molar-refractivity contribution in [1.29, 1.82) is 0 Å². The Bertz CT molecular complexity index is 716. The monoisotopic (exact) mass is 333 g/mol. The number of aryl methyl sites for hydroxylation is 1. The van der Waals surface area contributed by atoms with Crippen LogP contribution in [0.25, 0.3) is 0 Å². The fourth-order valence-corrected chi connectivity index (χ4v) is 2.79. The number of carbonyl (C=O) groups excluding carboxylic acids is 2. The Labute approximate surface area is 141 Å². The number of aromatic nitrogens is 1. The molecule has 2 aromatic heterocycles. The number of H-pyrrole nitrogens is 1. The lowest BCUT2D eigenvalue weighted by Crippen LogP contribution is -3.12. The van der Waals surface area contributed by atoms with Crippen LogP contribution in [0, 0.1) is 13.8 Å². The summed E-state index contributed by atoms with van der Waals surface area (Å²) in [5.41, 5.74) is 2.23. The highest BCUT2D eigenvalue weighted by Crippen LogP contribution is 2.20. The first-order valence-corrected chi connectivity index (χ1v) is 8.12. The number of ether oxygens (including phenoxy) is 1. The van der Waals surface area contributed by atoms with Crippen molar-refractivity contribution in [2.24, 2.45) is 0 Å². The molecule has 0 saturated heterocycles. The van der Waals surface area contributed by atoms with Crippen molar-refractivity contribution in [3.05, 3.63) is 46.7 Å². The van der Waals surface area contributed by atoms with Crippen molar-refractivity contribution in [3.63, 3.8) is 0 Å². The van der Waals surface area contributed by atoms with E-state index in [-0.39, 0.29) is 11.8 Å². The van der Waals surface area contributed by atoms with Gasteiger partial charge in [0, 0.05) is 5.69 Å². The molecular formula is C18H25N2O4+. The van der Waals surface area contributed by atoms with Crippen LogP contribution in [-0.2, 0) is 11.3 Å². The number of Topliss-reactive ketones (excluding diaryl/α,β-unsaturated/α-hetero) is 1. The van der Waals surface area contributed by atoms with Crippen molar-refractivity contribution >= 4 is 11.8 Å². The van der Waals surface area contributed by atoms with Crippen molar-refractivity contribution in [2.75, 3.05) is 13.7 Å². The molecule has 2 N–H and O–H groups in total. The molecule has 0 aliphatic heterocycles. The lowest BCUT2D eigenvalue weighted by atomic mass is 10.0. The molecule has 2 atom stereocenters. The molecule has 2 heterocycles. The first-order chi connectivity index (χ1) is 11.4. The molecule has 0 fully saturated rings. The number of furan rings is 1. The fraction of sp³-hybridized carbons (Fsp3) is 0.444. The maximum Gasteiger partial charge on any atom is 0.340 e. The smallest absolute Gasteiger partial charge is 0.340 e. The average Bonchev–Trinajstić information content (AvgIpc) is 3.14. The summed E-state index contributed by atoms with van der Waals surface area (Å²) in [6.45, 7) is 8.11. The summed E-state index contributed by atoms with van der Waals surface area (Å²) < 4.78 is 10.4. The van der Waals surface area contributed by atoms with Gasteiger partial charge in [-0.2, -0.15) is 0 Å². The largest absolute Gasteiger partial charge is 0.463 e. The lowest BCUT2D eigenvalue weighted by molar-refractivity contribution is -0.908. The second-order valence-corrected chi connectivity index (χ2v) is 6.03. The number of likely N-dealkylation sites (N-methyl/N-ethyl adjacent to an activating group) is 1. The third-order valence-corrected chi connectivity index (χ3v) is 4.33. The summed E-state index contributed by atoms with van der Waals surface area (Å²) in [5, 5.41) is 0. The normalized spacial score (nSPS) is 13.5. The Balaban J connectivity index is 2.20. The van der Waals surface area contributed by atoms with Gasteiger partial charge in [-0.3, -0.25) is 4.79 Å². The van der Waals surface area contributed by atoms with Crippen LogP contribution in [0.5, 0.6) is 0 Å². The van der Waals surface area contributed by atoms with Crippen LogP contribution >= 0.6 is 0 Å². The van der Waals surface area contributed by atoms with Gasteiger partial charge >= 0.3 is 5.97 Å². The van der Waals surface area contributed by atoms with Gasteiger partial charge in [-0.15, -0.1) is 0 Å². The number of nitrogens with one attached hydrogen (secondary N) is 2. The van der Waals surface area contributed by atoms with Gasteiger partial charge in [0.2, 0.25) is 5.78 Å². The molecule has 0 bridgehead atoms. The van der Waals surface area contributed by atoms with E-state index < -0.39 is 5.97 Å². The van der Waals surface area contributed by atoms with E-state index in [1.807, 2.05) is 26.1 Å². The fourth-order valence-electron chi connectivity index (χ4n) is 2.79. The predicted molar refractivity (Wildman–Crippen MR) is 89.3 cm³/mol. The Kier molecular flexibility index (Phi) is 5.62. The number of quaternary nitrogens is 1. The average molecular weight is 333 g/mol. The van der Waals surface area contributed by atoms with E-state index >= 15 is 0 Å². The lowest BCUT2D eigenvalue weighted by Gasteiger charge is -2.19. The zero-order chi connectivity index (χ0) is 17.9. The third-order valence-electron chi connectivity index (χ3n) is 4.33. The molecular weight excluding hydrogens is 308 g/mol. The quantitative estimate of drug-likeness (QED) is 0.597. The summed E-state index contributed by atoms with van der Waals surface area (Å²) >= 11 is 0. The van der Waals surface area contributed by atoms with Crippen LogP contribution in [0.15, 0.2) is 22.8 Å². The van der Waals surface area contributed by atoms with Gasteiger partial charge in [0.25, 0.3) is 0 Å². The van der Waals surface area contributed by atoms with Gasteiger partial charge in [-0.05, 0) is 45.4 Å². The van der Waals surface area contributed by atoms with Crippen LogP contribution in [0.2, 0.25) is 0 Å². The molecule has 6 nitrogen and oxygen atoms in total. The molecule has 2 aromatic rings. The molecule has 0 spiro atoms. The molecule has 0 aromatic carbocycles. The SMILES string of the molecule is CCOC(=O)c1c(C)[nH]c(C(=O)[C@@H](C)[NH+](C)Cc2ccco2)c1C. The summed E-state index contributed by atoms with van der Waals surface area (Å²) in [6.07, 6.45) is 1.62. The van der Waals surface area contributed by atoms with E-state index in [1.165, 1.54) is 0 Å². The van der Waals surface area contributed by atoms with E-state index in [4.69, 9.17) is 9.15 Å². The number of aromatic amines is 1. The van der Waals surface area contributed by atoms with Crippen molar-refractivity contribution in [3.8, 4) is 0 Å². The highest BCUT2D eigenvalue weighted by atomic mass is 16.5. The maximum absolute atomic E-state index is 12.8. The second-order valence-electron chi connectivity index (χ2n) is 6.03. The second kappa shape index (κ2) is 7.49. The molecule has 0 radical (unpaired) electrons. The minimum absolute atomic E-state index is 0.0322. The van der Waals surface area contributed by atoms with Crippen molar-refractivity contribution < 1.29 is 23.6 Å². The van der Waals surface area contributed by atoms with E-state index in [0.29, 0.717) is 35.7 Å². The van der Waals surface area contributed by atoms with Crippen LogP contribution in [0.3, 0.4) is 0 Å². The molecule has 2 rings (SSSR count). The molecule has 6 heteroatoms. The maximum atomic E-state index is 12.8. The van der Waals surface area contributed by atoms with Gasteiger partial charge in [0.15, 0.2) is 11.8 Å². The van der Waals surface area contributed by atoms with Crippen LogP contribution in [0.4, 0.5) is 0 Å². The molecule has 0 aliphatic rings. The number of esters is 1. The first kappa shape index (κ1) is 18.0. The van der Waals surface area contributed by atoms with Gasteiger partial charge < -0.3 is 19.0 Å². The van der Waals surface area contributed by atoms with Crippen molar-refractivity contribution in [2.45, 2.75) is 40.3 Å². The summed E-state index contributed by atoms with van der Waals surface area (Å²) in [4.78, 5) is 29.0. The van der Waals surface area contributed by atoms with E-state index in [2.05, 4.69) is 4.98 Å². The molecule has 24 heavy (non-hydrogen) atoms. The molecule has 130 valence electrons. The summed E-state index contributed by atoms with van der Waals surface area (Å²) in [7, 11) is 1.95. The Morgan fingerprint density at radius 3 is 2.67 bits per heavy atom. The summed E-state index contributed by atoms with van der Waals surface area (Å²) in [6, 6.07) is 3.45. The zero-order valence-electron chi connectivity index (χ0n) is 14.9. The van der Waals surface area contributed by atoms with E-state index in [0.717, 1.165) is 10.7 Å². The van der Waals surface area contributed by atoms with Gasteiger partial charge in [0.05, 0.1) is 31.2 Å². The number of ketones is 1. The Morgan fingerprint density at radius 2 is 2.08 bits per heavy atom. The number of hydrogen-bond acceptors (Lipinski definition) is 4. The first-order valence-electron chi connectivity index (χ1n) is 8.12. The number of carbonyl (C=O) groups is 2. The van der Waals surface area contributed by atoms with Crippen LogP contribution in [0.1, 0.15) is 51.7 Å². The standard InChI is InChI=1S/C18H24N2O4/c1-6-23-18(22)15-11(2)16(19-12(15)3)17(21)13(4)20(5)10-14-8-7-9-24-14/h7-9,13,19H,6,10H2,1-5H3/p+1/t13-/m1/s1. The van der Waals surface area contributed by atoms with Crippen LogP contribution in [-0.4, -0.2) is 36.4 Å². The molecule has 0 amide bonds. The summed E-state index contributed by atoms with van der Waals surface area (Å²) in [5.74, 6) is 0.403. The number of hydrogen-bond donors (Lipinski definition) is 2. The zero-order valence-corrected chi connectivity index (χ0v) is 14.9. The molecule has 0 saturated carbocycles. The highest BCUT2D eigenvalue weighted by Gasteiger charge is 2.29. The van der Waals surface area contributed by atoms with E-state index in [1.54, 1.807) is 27.0 Å². The molecule has 1 unspecified atom stereocenters.